The van der Waals surface area contributed by atoms with Gasteiger partial charge in [0.1, 0.15) is 0 Å². The first kappa shape index (κ1) is 11.8. The molecule has 2 rings (SSSR count). The Morgan fingerprint density at radius 3 is 2.94 bits per heavy atom. The molecule has 1 aliphatic rings. The third kappa shape index (κ3) is 2.91. The molecule has 0 aromatic carbocycles. The largest absolute Gasteiger partial charge is 0.396 e. The van der Waals surface area contributed by atoms with Crippen molar-refractivity contribution in [3.63, 3.8) is 0 Å². The highest BCUT2D eigenvalue weighted by Crippen LogP contribution is 2.17. The average molecular weight is 232 g/mol. The van der Waals surface area contributed by atoms with E-state index in [0.717, 1.165) is 12.1 Å². The van der Waals surface area contributed by atoms with Crippen LogP contribution in [0.2, 0.25) is 0 Å². The molecule has 1 aliphatic carbocycles. The third-order valence-electron chi connectivity index (χ3n) is 2.90. The molecule has 2 N–H and O–H groups in total. The second-order valence-corrected chi connectivity index (χ2v) is 4.33. The standard InChI is InChI=1S/C13H16N2O2/c1-9-2-4-11(7-14-9)13(17)15-12-5-3-10(6-12)8-16/h2-5,7,10,12,16H,6,8H2,1H3,(H,15,17)/t10-,12+/m0/s1. The Morgan fingerprint density at radius 2 is 2.35 bits per heavy atom. The zero-order valence-corrected chi connectivity index (χ0v) is 9.76. The molecule has 1 amide bonds. The topological polar surface area (TPSA) is 62.2 Å². The van der Waals surface area contributed by atoms with Gasteiger partial charge < -0.3 is 10.4 Å². The van der Waals surface area contributed by atoms with Crippen LogP contribution in [0.5, 0.6) is 0 Å². The summed E-state index contributed by atoms with van der Waals surface area (Å²) < 4.78 is 0. The van der Waals surface area contributed by atoms with Crippen molar-refractivity contribution >= 4 is 5.91 Å². The first-order valence-electron chi connectivity index (χ1n) is 5.71. The maximum atomic E-state index is 11.9. The minimum atomic E-state index is -0.120. The molecule has 0 saturated carbocycles. The van der Waals surface area contributed by atoms with Gasteiger partial charge in [-0.25, -0.2) is 0 Å². The molecule has 1 heterocycles. The van der Waals surface area contributed by atoms with E-state index in [1.165, 1.54) is 0 Å². The summed E-state index contributed by atoms with van der Waals surface area (Å²) in [5, 5.41) is 11.9. The number of nitrogens with zero attached hydrogens (tertiary/aromatic N) is 1. The van der Waals surface area contributed by atoms with Crippen LogP contribution in [0.1, 0.15) is 22.5 Å². The molecule has 1 aromatic rings. The molecule has 0 fully saturated rings. The second kappa shape index (κ2) is 5.10. The van der Waals surface area contributed by atoms with E-state index >= 15 is 0 Å². The molecular formula is C13H16N2O2. The lowest BCUT2D eigenvalue weighted by Crippen LogP contribution is -2.32. The molecule has 4 nitrogen and oxygen atoms in total. The van der Waals surface area contributed by atoms with Crippen molar-refractivity contribution in [3.8, 4) is 0 Å². The first-order valence-corrected chi connectivity index (χ1v) is 5.71. The number of carbonyl (C=O) groups excluding carboxylic acids is 1. The minimum Gasteiger partial charge on any atom is -0.396 e. The summed E-state index contributed by atoms with van der Waals surface area (Å²) >= 11 is 0. The number of aryl methyl sites for hydroxylation is 1. The third-order valence-corrected chi connectivity index (χ3v) is 2.90. The normalized spacial score (nSPS) is 22.7. The van der Waals surface area contributed by atoms with Crippen molar-refractivity contribution in [2.75, 3.05) is 6.61 Å². The van der Waals surface area contributed by atoms with E-state index in [2.05, 4.69) is 10.3 Å². The van der Waals surface area contributed by atoms with Crippen molar-refractivity contribution in [1.82, 2.24) is 10.3 Å². The molecule has 17 heavy (non-hydrogen) atoms. The highest BCUT2D eigenvalue weighted by atomic mass is 16.3. The fourth-order valence-corrected chi connectivity index (χ4v) is 1.87. The summed E-state index contributed by atoms with van der Waals surface area (Å²) in [6, 6.07) is 3.59. The van der Waals surface area contributed by atoms with Crippen molar-refractivity contribution in [3.05, 3.63) is 41.7 Å². The summed E-state index contributed by atoms with van der Waals surface area (Å²) in [5.41, 5.74) is 1.46. The number of pyridine rings is 1. The Bertz CT molecular complexity index is 426. The highest BCUT2D eigenvalue weighted by molar-refractivity contribution is 5.94. The van der Waals surface area contributed by atoms with Crippen LogP contribution < -0.4 is 5.32 Å². The van der Waals surface area contributed by atoms with Crippen LogP contribution in [0.4, 0.5) is 0 Å². The van der Waals surface area contributed by atoms with Gasteiger partial charge in [0.15, 0.2) is 0 Å². The van der Waals surface area contributed by atoms with Crippen LogP contribution in [-0.2, 0) is 0 Å². The van der Waals surface area contributed by atoms with E-state index in [-0.39, 0.29) is 24.5 Å². The zero-order valence-electron chi connectivity index (χ0n) is 9.76. The number of carbonyl (C=O) groups is 1. The fourth-order valence-electron chi connectivity index (χ4n) is 1.87. The summed E-state index contributed by atoms with van der Waals surface area (Å²) in [6.45, 7) is 2.02. The predicted octanol–water partition coefficient (Wildman–Crippen LogP) is 1.06. The Labute approximate surface area is 100 Å². The van der Waals surface area contributed by atoms with Crippen molar-refractivity contribution in [1.29, 1.82) is 0 Å². The van der Waals surface area contributed by atoms with Gasteiger partial charge in [0, 0.05) is 30.5 Å². The van der Waals surface area contributed by atoms with Gasteiger partial charge in [0.05, 0.1) is 5.56 Å². The fraction of sp³-hybridized carbons (Fsp3) is 0.385. The number of aliphatic hydroxyl groups excluding tert-OH is 1. The lowest BCUT2D eigenvalue weighted by Gasteiger charge is -2.12. The molecule has 0 bridgehead atoms. The van der Waals surface area contributed by atoms with E-state index in [0.29, 0.717) is 5.56 Å². The SMILES string of the molecule is Cc1ccc(C(=O)N[C@@H]2C=C[C@H](CO)C2)cn1. The van der Waals surface area contributed by atoms with Gasteiger partial charge in [-0.05, 0) is 25.5 Å². The van der Waals surface area contributed by atoms with Crippen molar-refractivity contribution in [2.45, 2.75) is 19.4 Å². The average Bonchev–Trinajstić information content (AvgIpc) is 2.77. The quantitative estimate of drug-likeness (QED) is 0.766. The van der Waals surface area contributed by atoms with Crippen LogP contribution in [0.15, 0.2) is 30.5 Å². The molecule has 0 aliphatic heterocycles. The maximum Gasteiger partial charge on any atom is 0.253 e. The number of amides is 1. The molecule has 90 valence electrons. The number of hydrogen-bond acceptors (Lipinski definition) is 3. The zero-order chi connectivity index (χ0) is 12.3. The number of aromatic nitrogens is 1. The molecule has 2 atom stereocenters. The number of nitrogens with one attached hydrogen (secondary N) is 1. The first-order chi connectivity index (χ1) is 8.19. The molecule has 0 saturated heterocycles. The molecule has 0 unspecified atom stereocenters. The second-order valence-electron chi connectivity index (χ2n) is 4.33. The highest BCUT2D eigenvalue weighted by Gasteiger charge is 2.20. The van der Waals surface area contributed by atoms with Crippen LogP contribution in [0, 0.1) is 12.8 Å². The Hall–Kier alpha value is -1.68. The molecule has 0 spiro atoms. The van der Waals surface area contributed by atoms with Crippen LogP contribution in [0.3, 0.4) is 0 Å². The van der Waals surface area contributed by atoms with Gasteiger partial charge in [0.25, 0.3) is 5.91 Å². The molecular weight excluding hydrogens is 216 g/mol. The van der Waals surface area contributed by atoms with Crippen LogP contribution in [-0.4, -0.2) is 28.6 Å². The summed E-state index contributed by atoms with van der Waals surface area (Å²) in [6.07, 6.45) is 6.22. The Kier molecular flexibility index (Phi) is 3.54. The predicted molar refractivity (Wildman–Crippen MR) is 64.6 cm³/mol. The smallest absolute Gasteiger partial charge is 0.253 e. The monoisotopic (exact) mass is 232 g/mol. The summed E-state index contributed by atoms with van der Waals surface area (Å²) in [4.78, 5) is 15.9. The number of rotatable bonds is 3. The Morgan fingerprint density at radius 1 is 1.53 bits per heavy atom. The van der Waals surface area contributed by atoms with Gasteiger partial charge >= 0.3 is 0 Å². The summed E-state index contributed by atoms with van der Waals surface area (Å²) in [5.74, 6) is 0.0437. The van der Waals surface area contributed by atoms with E-state index < -0.39 is 0 Å². The van der Waals surface area contributed by atoms with Crippen LogP contribution >= 0.6 is 0 Å². The van der Waals surface area contributed by atoms with Gasteiger partial charge in [-0.2, -0.15) is 0 Å². The van der Waals surface area contributed by atoms with E-state index in [1.54, 1.807) is 12.3 Å². The summed E-state index contributed by atoms with van der Waals surface area (Å²) in [7, 11) is 0. The van der Waals surface area contributed by atoms with Gasteiger partial charge in [-0.15, -0.1) is 0 Å². The molecule has 4 heteroatoms. The van der Waals surface area contributed by atoms with Gasteiger partial charge in [-0.3, -0.25) is 9.78 Å². The maximum absolute atomic E-state index is 11.9. The Balaban J connectivity index is 1.94. The lowest BCUT2D eigenvalue weighted by molar-refractivity contribution is 0.0940. The molecule has 0 radical (unpaired) electrons. The lowest BCUT2D eigenvalue weighted by atomic mass is 10.1. The van der Waals surface area contributed by atoms with Crippen molar-refractivity contribution in [2.24, 2.45) is 5.92 Å². The van der Waals surface area contributed by atoms with E-state index in [4.69, 9.17) is 5.11 Å². The van der Waals surface area contributed by atoms with Crippen molar-refractivity contribution < 1.29 is 9.90 Å². The van der Waals surface area contributed by atoms with Gasteiger partial charge in [-0.1, -0.05) is 12.2 Å². The minimum absolute atomic E-state index is 0.0148. The number of aliphatic hydroxyl groups is 1. The van der Waals surface area contributed by atoms with E-state index in [1.807, 2.05) is 25.1 Å². The van der Waals surface area contributed by atoms with Gasteiger partial charge in [0.2, 0.25) is 0 Å². The number of hydrogen-bond donors (Lipinski definition) is 2. The van der Waals surface area contributed by atoms with Crippen LogP contribution in [0.25, 0.3) is 0 Å². The van der Waals surface area contributed by atoms with E-state index in [9.17, 15) is 4.79 Å². The molecule has 1 aromatic heterocycles.